The van der Waals surface area contributed by atoms with Gasteiger partial charge in [0, 0.05) is 11.4 Å². The van der Waals surface area contributed by atoms with E-state index in [2.05, 4.69) is 20.9 Å². The lowest BCUT2D eigenvalue weighted by Gasteiger charge is -2.21. The van der Waals surface area contributed by atoms with E-state index in [1.807, 2.05) is 45.0 Å². The second kappa shape index (κ2) is 12.0. The van der Waals surface area contributed by atoms with Gasteiger partial charge in [-0.05, 0) is 48.6 Å². The number of carboxylic acids is 1. The fourth-order valence-corrected chi connectivity index (χ4v) is 3.76. The lowest BCUT2D eigenvalue weighted by atomic mass is 10.0. The molecule has 0 fully saturated rings. The topological polar surface area (TPSA) is 129 Å². The third kappa shape index (κ3) is 8.13. The van der Waals surface area contributed by atoms with Crippen LogP contribution in [0.15, 0.2) is 53.5 Å². The Hall–Kier alpha value is -3.88. The van der Waals surface area contributed by atoms with Gasteiger partial charge in [-0.1, -0.05) is 44.2 Å². The number of nitrogens with one attached hydrogen (secondary N) is 3. The number of benzene rings is 2. The highest BCUT2D eigenvalue weighted by Gasteiger charge is 2.29. The van der Waals surface area contributed by atoms with Crippen LogP contribution in [-0.4, -0.2) is 47.6 Å². The summed E-state index contributed by atoms with van der Waals surface area (Å²) in [5.74, 6) is -0.470. The van der Waals surface area contributed by atoms with Gasteiger partial charge in [0.25, 0.3) is 0 Å². The average molecular weight is 481 g/mol. The molecular weight excluding hydrogens is 448 g/mol. The van der Waals surface area contributed by atoms with Gasteiger partial charge in [-0.2, -0.15) is 0 Å². The summed E-state index contributed by atoms with van der Waals surface area (Å²) in [6, 6.07) is 13.8. The molecule has 0 radical (unpaired) electrons. The molecule has 0 aromatic heterocycles. The van der Waals surface area contributed by atoms with Crippen LogP contribution in [0.5, 0.6) is 0 Å². The Balaban J connectivity index is 1.53. The van der Waals surface area contributed by atoms with Crippen molar-refractivity contribution in [3.8, 4) is 0 Å². The van der Waals surface area contributed by atoms with Crippen molar-refractivity contribution in [3.05, 3.63) is 59.7 Å². The summed E-state index contributed by atoms with van der Waals surface area (Å²) in [6.07, 6.45) is 0.148. The third-order valence-electron chi connectivity index (χ3n) is 5.45. The van der Waals surface area contributed by atoms with Crippen LogP contribution in [0.2, 0.25) is 0 Å². The monoisotopic (exact) mass is 480 g/mol. The first-order valence-electron chi connectivity index (χ1n) is 11.6. The number of aliphatic imine (C=N–C) groups is 1. The highest BCUT2D eigenvalue weighted by atomic mass is 16.5. The highest BCUT2D eigenvalue weighted by Crippen LogP contribution is 2.17. The van der Waals surface area contributed by atoms with Crippen LogP contribution in [0.1, 0.15) is 37.8 Å². The van der Waals surface area contributed by atoms with Crippen molar-refractivity contribution >= 4 is 35.2 Å². The number of rotatable bonds is 10. The molecular formula is C26H32N4O5. The predicted molar refractivity (Wildman–Crippen MR) is 135 cm³/mol. The van der Waals surface area contributed by atoms with Crippen molar-refractivity contribution in [2.45, 2.75) is 52.2 Å². The van der Waals surface area contributed by atoms with E-state index in [-0.39, 0.29) is 37.2 Å². The molecule has 1 aliphatic heterocycles. The Kier molecular flexibility index (Phi) is 8.83. The maximum atomic E-state index is 12.7. The van der Waals surface area contributed by atoms with Gasteiger partial charge in [0.2, 0.25) is 11.8 Å². The second-order valence-corrected chi connectivity index (χ2v) is 9.03. The summed E-state index contributed by atoms with van der Waals surface area (Å²) in [4.78, 5) is 40.3. The molecule has 4 N–H and O–H groups in total. The molecule has 0 aliphatic carbocycles. The summed E-state index contributed by atoms with van der Waals surface area (Å²) in [5.41, 5.74) is 3.09. The van der Waals surface area contributed by atoms with E-state index in [0.29, 0.717) is 18.0 Å². The minimum absolute atomic E-state index is 0.126. The smallest absolute Gasteiger partial charge is 0.323 e. The average Bonchev–Trinajstić information content (AvgIpc) is 3.24. The first-order valence-corrected chi connectivity index (χ1v) is 11.6. The zero-order chi connectivity index (χ0) is 25.4. The van der Waals surface area contributed by atoms with Crippen molar-refractivity contribution < 1.29 is 24.2 Å². The van der Waals surface area contributed by atoms with Crippen LogP contribution in [-0.2, 0) is 20.7 Å². The van der Waals surface area contributed by atoms with Gasteiger partial charge < -0.3 is 25.8 Å². The molecule has 2 atom stereocenters. The normalized spacial score (nSPS) is 15.7. The van der Waals surface area contributed by atoms with Gasteiger partial charge in [-0.15, -0.1) is 0 Å². The van der Waals surface area contributed by atoms with E-state index in [0.717, 1.165) is 16.8 Å². The maximum Gasteiger partial charge on any atom is 0.323 e. The van der Waals surface area contributed by atoms with Crippen molar-refractivity contribution in [2.75, 3.05) is 17.2 Å². The Labute approximate surface area is 205 Å². The SMILES string of the molecule is Cc1ccccc1NC(=O)Nc1ccc(CC(=O)NC(CC(C)C)C2=NCC(CC(=O)O)O2)cc1. The number of urea groups is 1. The van der Waals surface area contributed by atoms with E-state index >= 15 is 0 Å². The molecule has 2 aromatic carbocycles. The number of hydrogen-bond acceptors (Lipinski definition) is 5. The summed E-state index contributed by atoms with van der Waals surface area (Å²) in [6.45, 7) is 6.26. The molecule has 186 valence electrons. The number of aliphatic carboxylic acids is 1. The third-order valence-corrected chi connectivity index (χ3v) is 5.45. The van der Waals surface area contributed by atoms with Gasteiger partial charge in [0.05, 0.1) is 19.4 Å². The number of anilines is 2. The van der Waals surface area contributed by atoms with Crippen molar-refractivity contribution in [3.63, 3.8) is 0 Å². The molecule has 2 aromatic rings. The number of carbonyl (C=O) groups excluding carboxylic acids is 2. The number of carboxylic acid groups (broad SMARTS) is 1. The Morgan fingerprint density at radius 3 is 2.46 bits per heavy atom. The van der Waals surface area contributed by atoms with Gasteiger partial charge in [-0.25, -0.2) is 9.79 Å². The van der Waals surface area contributed by atoms with Crippen LogP contribution in [0.4, 0.5) is 16.2 Å². The molecule has 9 nitrogen and oxygen atoms in total. The molecule has 0 spiro atoms. The molecule has 9 heteroatoms. The van der Waals surface area contributed by atoms with Gasteiger partial charge in [0.15, 0.2) is 0 Å². The minimum atomic E-state index is -0.943. The molecule has 0 saturated heterocycles. The summed E-state index contributed by atoms with van der Waals surface area (Å²) >= 11 is 0. The van der Waals surface area contributed by atoms with Gasteiger partial charge in [0.1, 0.15) is 12.1 Å². The molecule has 0 bridgehead atoms. The van der Waals surface area contributed by atoms with Crippen LogP contribution < -0.4 is 16.0 Å². The van der Waals surface area contributed by atoms with Crippen molar-refractivity contribution in [1.82, 2.24) is 5.32 Å². The van der Waals surface area contributed by atoms with Gasteiger partial charge in [-0.3, -0.25) is 9.59 Å². The van der Waals surface area contributed by atoms with E-state index in [4.69, 9.17) is 9.84 Å². The maximum absolute atomic E-state index is 12.7. The first-order chi connectivity index (χ1) is 16.7. The van der Waals surface area contributed by atoms with Crippen molar-refractivity contribution in [2.24, 2.45) is 10.9 Å². The largest absolute Gasteiger partial charge is 0.481 e. The lowest BCUT2D eigenvalue weighted by molar-refractivity contribution is -0.138. The fraction of sp³-hybridized carbons (Fsp3) is 0.385. The molecule has 2 unspecified atom stereocenters. The zero-order valence-electron chi connectivity index (χ0n) is 20.2. The van der Waals surface area contributed by atoms with Gasteiger partial charge >= 0.3 is 12.0 Å². The van der Waals surface area contributed by atoms with E-state index in [1.54, 1.807) is 24.3 Å². The van der Waals surface area contributed by atoms with Crippen LogP contribution in [0.3, 0.4) is 0 Å². The number of carbonyl (C=O) groups is 3. The van der Waals surface area contributed by atoms with Crippen LogP contribution >= 0.6 is 0 Å². The lowest BCUT2D eigenvalue weighted by Crippen LogP contribution is -2.43. The number of aryl methyl sites for hydroxylation is 1. The molecule has 1 aliphatic rings. The van der Waals surface area contributed by atoms with E-state index in [1.165, 1.54) is 0 Å². The molecule has 35 heavy (non-hydrogen) atoms. The molecule has 3 amide bonds. The number of hydrogen-bond donors (Lipinski definition) is 4. The number of para-hydroxylation sites is 1. The quantitative estimate of drug-likeness (QED) is 0.409. The Morgan fingerprint density at radius 2 is 1.80 bits per heavy atom. The Bertz CT molecular complexity index is 1080. The van der Waals surface area contributed by atoms with E-state index in [9.17, 15) is 14.4 Å². The molecule has 3 rings (SSSR count). The number of amides is 3. The van der Waals surface area contributed by atoms with Crippen LogP contribution in [0.25, 0.3) is 0 Å². The molecule has 1 heterocycles. The van der Waals surface area contributed by atoms with E-state index < -0.39 is 18.1 Å². The van der Waals surface area contributed by atoms with Crippen molar-refractivity contribution in [1.29, 1.82) is 0 Å². The predicted octanol–water partition coefficient (Wildman–Crippen LogP) is 3.98. The highest BCUT2D eigenvalue weighted by molar-refractivity contribution is 6.00. The number of ether oxygens (including phenoxy) is 1. The standard InChI is InChI=1S/C26H32N4O5/c1-16(2)12-22(25-27-15-20(35-25)14-24(32)33)29-23(31)13-18-8-10-19(11-9-18)28-26(34)30-21-7-5-4-6-17(21)3/h4-11,16,20,22H,12-15H2,1-3H3,(H,29,31)(H,32,33)(H2,28,30,34). The first kappa shape index (κ1) is 25.7. The second-order valence-electron chi connectivity index (χ2n) is 9.03. The fourth-order valence-electron chi connectivity index (χ4n) is 3.76. The minimum Gasteiger partial charge on any atom is -0.481 e. The Morgan fingerprint density at radius 1 is 1.09 bits per heavy atom. The summed E-state index contributed by atoms with van der Waals surface area (Å²) in [7, 11) is 0. The summed E-state index contributed by atoms with van der Waals surface area (Å²) < 4.78 is 5.70. The van der Waals surface area contributed by atoms with Crippen LogP contribution in [0, 0.1) is 12.8 Å². The summed E-state index contributed by atoms with van der Waals surface area (Å²) in [5, 5.41) is 17.5. The number of nitrogens with zero attached hydrogens (tertiary/aromatic N) is 1. The molecule has 0 saturated carbocycles. The zero-order valence-corrected chi connectivity index (χ0v) is 20.2.